The van der Waals surface area contributed by atoms with Crippen molar-refractivity contribution >= 4 is 27.7 Å². The van der Waals surface area contributed by atoms with Gasteiger partial charge in [0.1, 0.15) is 17.6 Å². The van der Waals surface area contributed by atoms with E-state index in [1.165, 1.54) is 17.0 Å². The lowest BCUT2D eigenvalue weighted by atomic mass is 10.1. The van der Waals surface area contributed by atoms with Crippen LogP contribution in [0.1, 0.15) is 44.7 Å². The molecule has 2 aromatic carbocycles. The molecule has 0 saturated carbocycles. The minimum Gasteiger partial charge on any atom is -0.484 e. The highest BCUT2D eigenvalue weighted by Crippen LogP contribution is 2.22. The Morgan fingerprint density at radius 2 is 1.81 bits per heavy atom. The van der Waals surface area contributed by atoms with Crippen molar-refractivity contribution in [3.8, 4) is 5.75 Å². The second kappa shape index (κ2) is 11.8. The predicted molar refractivity (Wildman–Crippen MR) is 123 cm³/mol. The Morgan fingerprint density at radius 1 is 1.13 bits per heavy atom. The lowest BCUT2D eigenvalue weighted by Gasteiger charge is -2.31. The standard InChI is InChI=1S/C24H30BrFN2O3/c1-5-17(4)27-24(30)22(6-2)28(14-18-7-9-19(26)10-8-18)23(29)15-31-20-11-12-21(25)16(3)13-20/h7-13,17,22H,5-6,14-15H2,1-4H3,(H,27,30). The molecule has 0 spiro atoms. The molecule has 0 bridgehead atoms. The number of aryl methyl sites for hydroxylation is 1. The average molecular weight is 493 g/mol. The van der Waals surface area contributed by atoms with Crippen LogP contribution in [0.4, 0.5) is 4.39 Å². The van der Waals surface area contributed by atoms with Crippen molar-refractivity contribution in [2.75, 3.05) is 6.61 Å². The number of nitrogens with zero attached hydrogens (tertiary/aromatic N) is 1. The molecular formula is C24H30BrFN2O3. The van der Waals surface area contributed by atoms with Gasteiger partial charge in [0.15, 0.2) is 6.61 Å². The predicted octanol–water partition coefficient (Wildman–Crippen LogP) is 5.00. The van der Waals surface area contributed by atoms with Gasteiger partial charge in [-0.15, -0.1) is 0 Å². The Labute approximate surface area is 192 Å². The summed E-state index contributed by atoms with van der Waals surface area (Å²) in [6.45, 7) is 7.71. The highest BCUT2D eigenvalue weighted by molar-refractivity contribution is 9.10. The van der Waals surface area contributed by atoms with Gasteiger partial charge >= 0.3 is 0 Å². The van der Waals surface area contributed by atoms with E-state index in [-0.39, 0.29) is 36.8 Å². The molecule has 0 aliphatic rings. The normalized spacial score (nSPS) is 12.7. The zero-order valence-corrected chi connectivity index (χ0v) is 20.0. The lowest BCUT2D eigenvalue weighted by molar-refractivity contribution is -0.143. The first kappa shape index (κ1) is 24.9. The summed E-state index contributed by atoms with van der Waals surface area (Å²) in [5.41, 5.74) is 1.73. The van der Waals surface area contributed by atoms with Crippen LogP contribution in [-0.2, 0) is 16.1 Å². The number of halogens is 2. The van der Waals surface area contributed by atoms with Crippen LogP contribution in [0.25, 0.3) is 0 Å². The molecule has 2 aromatic rings. The van der Waals surface area contributed by atoms with Crippen LogP contribution in [0.5, 0.6) is 5.75 Å². The van der Waals surface area contributed by atoms with Crippen LogP contribution in [-0.4, -0.2) is 35.4 Å². The van der Waals surface area contributed by atoms with Crippen LogP contribution < -0.4 is 10.1 Å². The van der Waals surface area contributed by atoms with E-state index in [0.29, 0.717) is 12.2 Å². The van der Waals surface area contributed by atoms with Crippen molar-refractivity contribution in [1.82, 2.24) is 10.2 Å². The molecule has 0 heterocycles. The minimum atomic E-state index is -0.651. The molecule has 0 aromatic heterocycles. The Hall–Kier alpha value is -2.41. The zero-order valence-electron chi connectivity index (χ0n) is 18.5. The van der Waals surface area contributed by atoms with Crippen LogP contribution in [0.2, 0.25) is 0 Å². The second-order valence-corrected chi connectivity index (χ2v) is 8.44. The Kier molecular flexibility index (Phi) is 9.49. The summed E-state index contributed by atoms with van der Waals surface area (Å²) < 4.78 is 20.0. The molecule has 2 atom stereocenters. The van der Waals surface area contributed by atoms with Gasteiger partial charge in [-0.3, -0.25) is 9.59 Å². The van der Waals surface area contributed by atoms with Gasteiger partial charge in [-0.1, -0.05) is 41.9 Å². The maximum absolute atomic E-state index is 13.3. The number of carbonyl (C=O) groups excluding carboxylic acids is 2. The Morgan fingerprint density at radius 3 is 2.39 bits per heavy atom. The van der Waals surface area contributed by atoms with Crippen molar-refractivity contribution < 1.29 is 18.7 Å². The number of rotatable bonds is 10. The number of nitrogens with one attached hydrogen (secondary N) is 1. The second-order valence-electron chi connectivity index (χ2n) is 7.59. The van der Waals surface area contributed by atoms with Crippen LogP contribution in [0, 0.1) is 12.7 Å². The van der Waals surface area contributed by atoms with E-state index in [4.69, 9.17) is 4.74 Å². The van der Waals surface area contributed by atoms with Crippen molar-refractivity contribution in [1.29, 1.82) is 0 Å². The van der Waals surface area contributed by atoms with Gasteiger partial charge in [0.2, 0.25) is 5.91 Å². The topological polar surface area (TPSA) is 58.6 Å². The molecule has 7 heteroatoms. The SMILES string of the molecule is CCC(C)NC(=O)C(CC)N(Cc1ccc(F)cc1)C(=O)COc1ccc(Br)c(C)c1. The highest BCUT2D eigenvalue weighted by atomic mass is 79.9. The molecule has 0 aliphatic carbocycles. The van der Waals surface area contributed by atoms with E-state index in [2.05, 4.69) is 21.2 Å². The highest BCUT2D eigenvalue weighted by Gasteiger charge is 2.29. The van der Waals surface area contributed by atoms with Crippen LogP contribution in [0.15, 0.2) is 46.9 Å². The van der Waals surface area contributed by atoms with Crippen molar-refractivity contribution in [2.24, 2.45) is 0 Å². The van der Waals surface area contributed by atoms with Gasteiger partial charge in [0, 0.05) is 17.1 Å². The fraction of sp³-hybridized carbons (Fsp3) is 0.417. The smallest absolute Gasteiger partial charge is 0.261 e. The number of ether oxygens (including phenoxy) is 1. The van der Waals surface area contributed by atoms with E-state index >= 15 is 0 Å². The monoisotopic (exact) mass is 492 g/mol. The summed E-state index contributed by atoms with van der Waals surface area (Å²) in [6.07, 6.45) is 1.24. The van der Waals surface area contributed by atoms with E-state index in [9.17, 15) is 14.0 Å². The number of carbonyl (C=O) groups is 2. The molecule has 0 aliphatic heterocycles. The van der Waals surface area contributed by atoms with Gasteiger partial charge in [-0.25, -0.2) is 4.39 Å². The van der Waals surface area contributed by atoms with Crippen LogP contribution >= 0.6 is 15.9 Å². The molecule has 168 valence electrons. The van der Waals surface area contributed by atoms with Gasteiger partial charge in [0.05, 0.1) is 0 Å². The van der Waals surface area contributed by atoms with Crippen molar-refractivity contribution in [3.05, 3.63) is 63.9 Å². The third kappa shape index (κ3) is 7.35. The van der Waals surface area contributed by atoms with E-state index in [0.717, 1.165) is 22.0 Å². The summed E-state index contributed by atoms with van der Waals surface area (Å²) in [4.78, 5) is 27.5. The quantitative estimate of drug-likeness (QED) is 0.507. The molecule has 2 unspecified atom stereocenters. The zero-order chi connectivity index (χ0) is 23.0. The lowest BCUT2D eigenvalue weighted by Crippen LogP contribution is -2.51. The first-order valence-corrected chi connectivity index (χ1v) is 11.3. The van der Waals surface area contributed by atoms with Gasteiger partial charge in [-0.05, 0) is 68.1 Å². The van der Waals surface area contributed by atoms with E-state index < -0.39 is 6.04 Å². The molecule has 2 amide bonds. The fourth-order valence-electron chi connectivity index (χ4n) is 3.08. The van der Waals surface area contributed by atoms with Crippen molar-refractivity contribution in [2.45, 2.75) is 59.2 Å². The molecule has 31 heavy (non-hydrogen) atoms. The molecule has 0 fully saturated rings. The van der Waals surface area contributed by atoms with Gasteiger partial charge < -0.3 is 15.0 Å². The number of hydrogen-bond acceptors (Lipinski definition) is 3. The van der Waals surface area contributed by atoms with Gasteiger partial charge in [0.25, 0.3) is 5.91 Å². The molecule has 0 saturated heterocycles. The molecular weight excluding hydrogens is 463 g/mol. The first-order chi connectivity index (χ1) is 14.7. The maximum atomic E-state index is 13.3. The summed E-state index contributed by atoms with van der Waals surface area (Å²) in [5, 5.41) is 2.96. The Bertz CT molecular complexity index is 889. The molecule has 5 nitrogen and oxygen atoms in total. The summed E-state index contributed by atoms with van der Waals surface area (Å²) in [7, 11) is 0. The third-order valence-electron chi connectivity index (χ3n) is 5.14. The first-order valence-electron chi connectivity index (χ1n) is 10.5. The summed E-state index contributed by atoms with van der Waals surface area (Å²) >= 11 is 3.44. The Balaban J connectivity index is 2.21. The van der Waals surface area contributed by atoms with Crippen LogP contribution in [0.3, 0.4) is 0 Å². The van der Waals surface area contributed by atoms with E-state index in [1.807, 2.05) is 39.8 Å². The maximum Gasteiger partial charge on any atom is 0.261 e. The number of hydrogen-bond donors (Lipinski definition) is 1. The molecule has 2 rings (SSSR count). The summed E-state index contributed by atoms with van der Waals surface area (Å²) in [6, 6.07) is 10.8. The van der Waals surface area contributed by atoms with E-state index in [1.54, 1.807) is 18.2 Å². The van der Waals surface area contributed by atoms with Gasteiger partial charge in [-0.2, -0.15) is 0 Å². The number of benzene rings is 2. The third-order valence-corrected chi connectivity index (χ3v) is 6.03. The fourth-order valence-corrected chi connectivity index (χ4v) is 3.33. The largest absolute Gasteiger partial charge is 0.484 e. The summed E-state index contributed by atoms with van der Waals surface area (Å²) in [5.74, 6) is -0.284. The minimum absolute atomic E-state index is 0.00585. The average Bonchev–Trinajstić information content (AvgIpc) is 2.75. The van der Waals surface area contributed by atoms with Crippen molar-refractivity contribution in [3.63, 3.8) is 0 Å². The number of amides is 2. The molecule has 1 N–H and O–H groups in total. The molecule has 0 radical (unpaired) electrons.